The van der Waals surface area contributed by atoms with E-state index < -0.39 is 23.9 Å². The second-order valence-corrected chi connectivity index (χ2v) is 6.94. The first-order valence-corrected chi connectivity index (χ1v) is 8.69. The number of anilines is 2. The zero-order valence-electron chi connectivity index (χ0n) is 14.4. The Morgan fingerprint density at radius 1 is 1.27 bits per heavy atom. The van der Waals surface area contributed by atoms with Gasteiger partial charge in [-0.15, -0.1) is 0 Å². The van der Waals surface area contributed by atoms with Crippen LogP contribution in [0.4, 0.5) is 15.8 Å². The van der Waals surface area contributed by atoms with Crippen LogP contribution in [0.3, 0.4) is 0 Å². The number of carboxylic acid groups (broad SMARTS) is 1. The normalized spacial score (nSPS) is 25.7. The van der Waals surface area contributed by atoms with E-state index in [0.29, 0.717) is 38.4 Å². The molecule has 3 heterocycles. The third-order valence-electron chi connectivity index (χ3n) is 5.40. The van der Waals surface area contributed by atoms with Crippen molar-refractivity contribution in [1.29, 1.82) is 0 Å². The van der Waals surface area contributed by atoms with Gasteiger partial charge in [-0.1, -0.05) is 0 Å². The van der Waals surface area contributed by atoms with E-state index in [1.165, 1.54) is 6.07 Å². The molecule has 4 rings (SSSR count). The minimum absolute atomic E-state index is 0.153. The average molecular weight is 364 g/mol. The molecule has 0 amide bonds. The number of ether oxygens (including phenoxy) is 1. The summed E-state index contributed by atoms with van der Waals surface area (Å²) in [7, 11) is 0. The molecule has 3 N–H and O–H groups in total. The van der Waals surface area contributed by atoms with Crippen molar-refractivity contribution in [2.24, 2.45) is 5.84 Å². The highest BCUT2D eigenvalue weighted by molar-refractivity contribution is 6.06. The Morgan fingerprint density at radius 2 is 1.96 bits per heavy atom. The van der Waals surface area contributed by atoms with Gasteiger partial charge < -0.3 is 19.6 Å². The first-order chi connectivity index (χ1) is 12.4. The number of carbonyl (C=O) groups excluding carboxylic acids is 1. The van der Waals surface area contributed by atoms with Crippen molar-refractivity contribution in [2.45, 2.75) is 25.5 Å². The van der Waals surface area contributed by atoms with Crippen LogP contribution in [0.2, 0.25) is 0 Å². The molecule has 1 fully saturated rings. The largest absolute Gasteiger partial charge is 0.478 e. The fourth-order valence-corrected chi connectivity index (χ4v) is 3.98. The quantitative estimate of drug-likeness (QED) is 0.730. The molecule has 0 saturated carbocycles. The summed E-state index contributed by atoms with van der Waals surface area (Å²) < 4.78 is 20.7. The molecule has 3 aliphatic rings. The van der Waals surface area contributed by atoms with Gasteiger partial charge in [0.2, 0.25) is 6.10 Å². The van der Waals surface area contributed by atoms with E-state index in [1.807, 2.05) is 4.90 Å². The van der Waals surface area contributed by atoms with Crippen LogP contribution >= 0.6 is 0 Å². The number of benzene rings is 1. The van der Waals surface area contributed by atoms with E-state index in [1.54, 1.807) is 16.8 Å². The van der Waals surface area contributed by atoms with Gasteiger partial charge in [-0.05, 0) is 13.0 Å². The average Bonchev–Trinajstić information content (AvgIpc) is 2.60. The van der Waals surface area contributed by atoms with Gasteiger partial charge in [-0.25, -0.2) is 14.2 Å². The van der Waals surface area contributed by atoms with Gasteiger partial charge in [0.25, 0.3) is 0 Å². The van der Waals surface area contributed by atoms with Crippen LogP contribution in [0.5, 0.6) is 5.75 Å². The number of hydrogen-bond acceptors (Lipinski definition) is 7. The zero-order valence-corrected chi connectivity index (χ0v) is 14.4. The van der Waals surface area contributed by atoms with Crippen LogP contribution in [0.15, 0.2) is 6.07 Å². The molecule has 26 heavy (non-hydrogen) atoms. The number of nitrogens with two attached hydrogens (primary N) is 1. The van der Waals surface area contributed by atoms with Gasteiger partial charge in [-0.2, -0.15) is 0 Å². The Morgan fingerprint density at radius 3 is 2.62 bits per heavy atom. The minimum atomic E-state index is -1.13. The fraction of sp³-hybridized carbons (Fsp3) is 0.529. The number of hydrogen-bond donors (Lipinski definition) is 2. The molecular weight excluding hydrogens is 343 g/mol. The molecule has 0 aliphatic carbocycles. The molecular formula is C17H21FN4O4. The van der Waals surface area contributed by atoms with Crippen molar-refractivity contribution < 1.29 is 23.8 Å². The van der Waals surface area contributed by atoms with E-state index in [-0.39, 0.29) is 29.2 Å². The summed E-state index contributed by atoms with van der Waals surface area (Å²) in [6, 6.07) is 0.806. The Balaban J connectivity index is 1.88. The summed E-state index contributed by atoms with van der Waals surface area (Å²) >= 11 is 0. The molecule has 9 heteroatoms. The predicted octanol–water partition coefficient (Wildman–Crippen LogP) is 0.448. The van der Waals surface area contributed by atoms with Gasteiger partial charge in [0.15, 0.2) is 17.3 Å². The second-order valence-electron chi connectivity index (χ2n) is 6.94. The highest BCUT2D eigenvalue weighted by Gasteiger charge is 2.44. The van der Waals surface area contributed by atoms with Crippen molar-refractivity contribution >= 4 is 23.1 Å². The highest BCUT2D eigenvalue weighted by atomic mass is 19.1. The van der Waals surface area contributed by atoms with Gasteiger partial charge >= 0.3 is 5.97 Å². The van der Waals surface area contributed by atoms with E-state index in [4.69, 9.17) is 10.6 Å². The Hall–Kier alpha value is -2.39. The maximum absolute atomic E-state index is 15.0. The lowest BCUT2D eigenvalue weighted by Gasteiger charge is -2.45. The molecule has 1 unspecified atom stereocenters. The Kier molecular flexibility index (Phi) is 4.00. The van der Waals surface area contributed by atoms with E-state index in [0.717, 1.165) is 0 Å². The number of aliphatic carboxylic acids is 1. The van der Waals surface area contributed by atoms with Crippen LogP contribution in [0.25, 0.3) is 0 Å². The van der Waals surface area contributed by atoms with Crippen LogP contribution < -0.4 is 20.4 Å². The van der Waals surface area contributed by atoms with Crippen LogP contribution in [0, 0.1) is 5.82 Å². The molecule has 140 valence electrons. The van der Waals surface area contributed by atoms with Crippen molar-refractivity contribution in [3.05, 3.63) is 17.4 Å². The van der Waals surface area contributed by atoms with Crippen LogP contribution in [0.1, 0.15) is 23.7 Å². The zero-order chi connectivity index (χ0) is 18.6. The summed E-state index contributed by atoms with van der Waals surface area (Å²) in [4.78, 5) is 27.7. The lowest BCUT2D eigenvalue weighted by atomic mass is 9.93. The maximum atomic E-state index is 15.0. The van der Waals surface area contributed by atoms with Gasteiger partial charge in [0, 0.05) is 44.7 Å². The molecule has 0 aromatic heterocycles. The fourth-order valence-electron chi connectivity index (χ4n) is 3.98. The van der Waals surface area contributed by atoms with E-state index in [9.17, 15) is 19.1 Å². The monoisotopic (exact) mass is 364 g/mol. The third kappa shape index (κ3) is 2.50. The second kappa shape index (κ2) is 6.10. The molecule has 0 radical (unpaired) electrons. The summed E-state index contributed by atoms with van der Waals surface area (Å²) in [5.74, 6) is 4.10. The number of ketones is 1. The number of piperazine rings is 1. The number of carbonyl (C=O) groups is 2. The first-order valence-electron chi connectivity index (χ1n) is 8.69. The minimum Gasteiger partial charge on any atom is -0.478 e. The molecule has 2 atom stereocenters. The molecule has 1 saturated heterocycles. The lowest BCUT2D eigenvalue weighted by Crippen LogP contribution is -2.55. The number of carboxylic acids is 1. The summed E-state index contributed by atoms with van der Waals surface area (Å²) in [5.41, 5.74) is 0.994. The summed E-state index contributed by atoms with van der Waals surface area (Å²) in [6.07, 6.45) is -0.895. The molecule has 0 bridgehead atoms. The van der Waals surface area contributed by atoms with Crippen molar-refractivity contribution in [2.75, 3.05) is 42.5 Å². The molecule has 1 aromatic rings. The van der Waals surface area contributed by atoms with Crippen LogP contribution in [-0.4, -0.2) is 66.7 Å². The number of rotatable bonds is 2. The number of halogens is 1. The predicted molar refractivity (Wildman–Crippen MR) is 92.2 cm³/mol. The number of nitrogens with zero attached hydrogens (tertiary/aromatic N) is 3. The topological polar surface area (TPSA) is 99.3 Å². The summed E-state index contributed by atoms with van der Waals surface area (Å²) in [5, 5.41) is 11.2. The molecule has 3 aliphatic heterocycles. The van der Waals surface area contributed by atoms with Crippen LogP contribution in [-0.2, 0) is 4.79 Å². The maximum Gasteiger partial charge on any atom is 0.347 e. The van der Waals surface area contributed by atoms with Crippen molar-refractivity contribution in [3.8, 4) is 5.75 Å². The molecule has 8 nitrogen and oxygen atoms in total. The standard InChI is InChI=1S/C17H21FN4O4/c1-9-15(17(24)25)26-16-13-10(12(23)2-3-22(9)13)8-11(18)14(16)20-4-6-21(19)7-5-20/h8-9,15H,2-7,19H2,1H3,(H,24,25)/t9?,15-/m0/s1. The Labute approximate surface area is 149 Å². The number of Topliss-reactive ketones (excluding diaryl/α,β-unsaturated/α-hetero) is 1. The van der Waals surface area contributed by atoms with E-state index in [2.05, 4.69) is 0 Å². The van der Waals surface area contributed by atoms with Crippen molar-refractivity contribution in [3.63, 3.8) is 0 Å². The summed E-state index contributed by atoms with van der Waals surface area (Å²) in [6.45, 7) is 4.23. The number of hydrazine groups is 1. The van der Waals surface area contributed by atoms with Crippen molar-refractivity contribution in [1.82, 2.24) is 5.01 Å². The smallest absolute Gasteiger partial charge is 0.347 e. The molecule has 1 aromatic carbocycles. The van der Waals surface area contributed by atoms with E-state index >= 15 is 0 Å². The Bertz CT molecular complexity index is 779. The van der Waals surface area contributed by atoms with Gasteiger partial charge in [-0.3, -0.25) is 10.6 Å². The highest BCUT2D eigenvalue weighted by Crippen LogP contribution is 2.49. The SMILES string of the molecule is CC1[C@@H](C(=O)O)Oc2c(N3CCN(N)CC3)c(F)cc3c2N1CCC3=O. The molecule has 0 spiro atoms. The first kappa shape index (κ1) is 17.0. The van der Waals surface area contributed by atoms with Gasteiger partial charge in [0.05, 0.1) is 11.7 Å². The van der Waals surface area contributed by atoms with Gasteiger partial charge in [0.1, 0.15) is 5.69 Å². The lowest BCUT2D eigenvalue weighted by molar-refractivity contribution is -0.146. The third-order valence-corrected chi connectivity index (χ3v) is 5.40.